The van der Waals surface area contributed by atoms with Crippen LogP contribution in [-0.2, 0) is 0 Å². The molecule has 0 radical (unpaired) electrons. The maximum Gasteiger partial charge on any atom is 0.257 e. The molecule has 2 unspecified atom stereocenters. The fourth-order valence-electron chi connectivity index (χ4n) is 4.55. The van der Waals surface area contributed by atoms with Crippen molar-refractivity contribution in [2.24, 2.45) is 0 Å². The van der Waals surface area contributed by atoms with E-state index in [1.807, 2.05) is 42.5 Å². The van der Waals surface area contributed by atoms with Gasteiger partial charge in [-0.2, -0.15) is 0 Å². The van der Waals surface area contributed by atoms with E-state index in [9.17, 15) is 9.90 Å². The van der Waals surface area contributed by atoms with Gasteiger partial charge < -0.3 is 10.0 Å². The number of benzene rings is 2. The van der Waals surface area contributed by atoms with E-state index in [1.54, 1.807) is 17.3 Å². The van der Waals surface area contributed by atoms with Gasteiger partial charge in [0.25, 0.3) is 5.91 Å². The van der Waals surface area contributed by atoms with Crippen molar-refractivity contribution in [3.8, 4) is 11.1 Å². The summed E-state index contributed by atoms with van der Waals surface area (Å²) in [5, 5.41) is 13.1. The van der Waals surface area contributed by atoms with E-state index in [1.165, 1.54) is 0 Å². The molecule has 0 spiro atoms. The molecule has 2 heterocycles. The van der Waals surface area contributed by atoms with E-state index in [0.717, 1.165) is 59.6 Å². The van der Waals surface area contributed by atoms with Gasteiger partial charge in [0.1, 0.15) is 0 Å². The van der Waals surface area contributed by atoms with Crippen LogP contribution >= 0.6 is 0 Å². The molecule has 0 saturated heterocycles. The molecule has 29 heavy (non-hydrogen) atoms. The largest absolute Gasteiger partial charge is 0.369 e. The Labute approximate surface area is 172 Å². The highest BCUT2D eigenvalue weighted by Crippen LogP contribution is 2.41. The molecular weight excluding hydrogens is 360 g/mol. The Morgan fingerprint density at radius 2 is 1.79 bits per heavy atom. The molecule has 3 aromatic rings. The van der Waals surface area contributed by atoms with Crippen molar-refractivity contribution in [3.05, 3.63) is 66.0 Å². The number of carbonyl (C=O) groups is 1. The van der Waals surface area contributed by atoms with Crippen molar-refractivity contribution in [3.63, 3.8) is 0 Å². The summed E-state index contributed by atoms with van der Waals surface area (Å²) in [6.07, 6.45) is 7.77. The van der Waals surface area contributed by atoms with Crippen molar-refractivity contribution < 1.29 is 9.90 Å². The van der Waals surface area contributed by atoms with Crippen molar-refractivity contribution in [1.29, 1.82) is 0 Å². The van der Waals surface area contributed by atoms with Crippen LogP contribution in [0.2, 0.25) is 0 Å². The van der Waals surface area contributed by atoms with E-state index in [-0.39, 0.29) is 11.9 Å². The Hall–Kier alpha value is -2.72. The number of pyridine rings is 1. The number of aliphatic hydroxyl groups excluding tert-OH is 1. The second-order valence-corrected chi connectivity index (χ2v) is 7.81. The molecule has 1 aliphatic heterocycles. The van der Waals surface area contributed by atoms with Crippen molar-refractivity contribution in [1.82, 2.24) is 9.88 Å². The van der Waals surface area contributed by atoms with Crippen molar-refractivity contribution in [2.75, 3.05) is 0 Å². The molecule has 4 nitrogen and oxygen atoms in total. The average molecular weight is 389 g/mol. The van der Waals surface area contributed by atoms with E-state index in [0.29, 0.717) is 5.56 Å². The normalized spacial score (nSPS) is 17.0. The predicted molar refractivity (Wildman–Crippen MR) is 117 cm³/mol. The number of hydrogen-bond acceptors (Lipinski definition) is 3. The second-order valence-electron chi connectivity index (χ2n) is 7.81. The third kappa shape index (κ3) is 3.42. The highest BCUT2D eigenvalue weighted by molar-refractivity contribution is 6.14. The van der Waals surface area contributed by atoms with Crippen LogP contribution in [0.15, 0.2) is 54.9 Å². The second kappa shape index (κ2) is 8.34. The average Bonchev–Trinajstić information content (AvgIpc) is 2.76. The molecule has 0 bridgehead atoms. The highest BCUT2D eigenvalue weighted by Gasteiger charge is 2.36. The Bertz CT molecular complexity index is 1020. The van der Waals surface area contributed by atoms with Gasteiger partial charge in [-0.15, -0.1) is 0 Å². The first-order chi connectivity index (χ1) is 14.2. The van der Waals surface area contributed by atoms with Crippen LogP contribution in [0.3, 0.4) is 0 Å². The lowest BCUT2D eigenvalue weighted by Crippen LogP contribution is -2.45. The third-order valence-electron chi connectivity index (χ3n) is 6.08. The van der Waals surface area contributed by atoms with Gasteiger partial charge in [-0.05, 0) is 47.6 Å². The lowest BCUT2D eigenvalue weighted by Gasteiger charge is -2.39. The Kier molecular flexibility index (Phi) is 5.63. The van der Waals surface area contributed by atoms with Crippen LogP contribution in [-0.4, -0.2) is 26.9 Å². The summed E-state index contributed by atoms with van der Waals surface area (Å²) in [6.45, 7) is 4.28. The number of carbonyl (C=O) groups excluding carboxylic acids is 1. The summed E-state index contributed by atoms with van der Waals surface area (Å²) in [7, 11) is 0. The molecule has 1 aromatic heterocycles. The van der Waals surface area contributed by atoms with Crippen LogP contribution in [0.4, 0.5) is 0 Å². The van der Waals surface area contributed by atoms with Crippen LogP contribution in [0.25, 0.3) is 21.9 Å². The maximum absolute atomic E-state index is 13.5. The van der Waals surface area contributed by atoms with Gasteiger partial charge in [0, 0.05) is 34.9 Å². The molecule has 150 valence electrons. The molecule has 4 heteroatoms. The summed E-state index contributed by atoms with van der Waals surface area (Å²) < 4.78 is 0. The van der Waals surface area contributed by atoms with Gasteiger partial charge in [-0.3, -0.25) is 9.78 Å². The van der Waals surface area contributed by atoms with E-state index in [4.69, 9.17) is 0 Å². The van der Waals surface area contributed by atoms with Crippen LogP contribution in [0.1, 0.15) is 68.1 Å². The summed E-state index contributed by atoms with van der Waals surface area (Å²) in [5.74, 6) is -0.0640. The summed E-state index contributed by atoms with van der Waals surface area (Å²) in [6, 6.07) is 13.9. The first-order valence-electron chi connectivity index (χ1n) is 10.6. The number of aliphatic hydroxyl groups is 1. The summed E-state index contributed by atoms with van der Waals surface area (Å²) in [5.41, 5.74) is 3.62. The Morgan fingerprint density at radius 3 is 2.52 bits per heavy atom. The number of amides is 1. The molecule has 0 aliphatic carbocycles. The molecule has 2 atom stereocenters. The van der Waals surface area contributed by atoms with Gasteiger partial charge in [0.2, 0.25) is 0 Å². The molecule has 0 fully saturated rings. The molecule has 1 N–H and O–H groups in total. The first-order valence-corrected chi connectivity index (χ1v) is 10.6. The number of rotatable bonds is 7. The number of hydrogen-bond donors (Lipinski definition) is 1. The smallest absolute Gasteiger partial charge is 0.257 e. The fraction of sp³-hybridized carbons (Fsp3) is 0.360. The van der Waals surface area contributed by atoms with Gasteiger partial charge in [0.05, 0.1) is 0 Å². The van der Waals surface area contributed by atoms with Crippen LogP contribution in [0.5, 0.6) is 0 Å². The fourth-order valence-corrected chi connectivity index (χ4v) is 4.55. The molecule has 1 aliphatic rings. The minimum absolute atomic E-state index is 0.0485. The molecule has 4 rings (SSSR count). The van der Waals surface area contributed by atoms with Gasteiger partial charge in [0.15, 0.2) is 6.23 Å². The van der Waals surface area contributed by atoms with Crippen molar-refractivity contribution in [2.45, 2.75) is 58.2 Å². The summed E-state index contributed by atoms with van der Waals surface area (Å²) >= 11 is 0. The lowest BCUT2D eigenvalue weighted by atomic mass is 9.87. The SMILES string of the molecule is CCCCCC(CC)N1C(=O)c2ccc(-c3ccncc3)c3cccc(c23)C1O. The Balaban J connectivity index is 1.81. The van der Waals surface area contributed by atoms with E-state index in [2.05, 4.69) is 18.8 Å². The van der Waals surface area contributed by atoms with Crippen molar-refractivity contribution >= 4 is 16.7 Å². The maximum atomic E-state index is 13.5. The van der Waals surface area contributed by atoms with E-state index < -0.39 is 6.23 Å². The monoisotopic (exact) mass is 388 g/mol. The van der Waals surface area contributed by atoms with Gasteiger partial charge >= 0.3 is 0 Å². The molecular formula is C25H28N2O2. The highest BCUT2D eigenvalue weighted by atomic mass is 16.3. The van der Waals surface area contributed by atoms with Gasteiger partial charge in [-0.1, -0.05) is 57.4 Å². The molecule has 2 aromatic carbocycles. The predicted octanol–water partition coefficient (Wildman–Crippen LogP) is 5.71. The number of unbranched alkanes of at least 4 members (excludes halogenated alkanes) is 2. The van der Waals surface area contributed by atoms with Crippen LogP contribution in [0, 0.1) is 0 Å². The zero-order valence-electron chi connectivity index (χ0n) is 17.1. The number of nitrogens with zero attached hydrogens (tertiary/aromatic N) is 2. The van der Waals surface area contributed by atoms with Crippen LogP contribution < -0.4 is 0 Å². The zero-order chi connectivity index (χ0) is 20.4. The molecule has 0 saturated carbocycles. The first kappa shape index (κ1) is 19.6. The lowest BCUT2D eigenvalue weighted by molar-refractivity contribution is -0.0186. The minimum Gasteiger partial charge on any atom is -0.369 e. The zero-order valence-corrected chi connectivity index (χ0v) is 17.1. The standard InChI is InChI=1S/C25H28N2O2/c1-3-5-6-8-18(4-2)27-24(28)21-10-7-9-20-19(17-13-15-26-16-14-17)11-12-22(23(20)21)25(27)29/h7,9-16,18,24,28H,3-6,8H2,1-2H3. The van der Waals surface area contributed by atoms with Gasteiger partial charge in [-0.25, -0.2) is 0 Å². The van der Waals surface area contributed by atoms with E-state index >= 15 is 0 Å². The minimum atomic E-state index is -0.905. The third-order valence-corrected chi connectivity index (χ3v) is 6.08. The summed E-state index contributed by atoms with van der Waals surface area (Å²) in [4.78, 5) is 19.3. The number of aromatic nitrogens is 1. The quantitative estimate of drug-likeness (QED) is 0.528. The Morgan fingerprint density at radius 1 is 1.03 bits per heavy atom. The topological polar surface area (TPSA) is 53.4 Å². The molecule has 1 amide bonds.